The maximum atomic E-state index is 13.8. The zero-order chi connectivity index (χ0) is 14.7. The van der Waals surface area contributed by atoms with E-state index in [2.05, 4.69) is 5.43 Å². The van der Waals surface area contributed by atoms with Crippen LogP contribution in [-0.4, -0.2) is 0 Å². The molecule has 0 spiro atoms. The lowest BCUT2D eigenvalue weighted by Crippen LogP contribution is -2.30. The molecule has 0 fully saturated rings. The normalized spacial score (nSPS) is 12.4. The molecule has 0 saturated carbocycles. The fourth-order valence-electron chi connectivity index (χ4n) is 1.97. The van der Waals surface area contributed by atoms with Gasteiger partial charge in [0.05, 0.1) is 6.04 Å². The molecule has 0 aliphatic rings. The predicted molar refractivity (Wildman–Crippen MR) is 76.6 cm³/mol. The number of nitrogens with two attached hydrogens (primary N) is 1. The van der Waals surface area contributed by atoms with Gasteiger partial charge >= 0.3 is 0 Å². The first-order chi connectivity index (χ1) is 9.52. The van der Waals surface area contributed by atoms with Crippen LogP contribution in [0.3, 0.4) is 0 Å². The smallest absolute Gasteiger partial charge is 0.127 e. The first-order valence-electron chi connectivity index (χ1n) is 5.87. The number of hydrogen-bond donors (Lipinski definition) is 2. The van der Waals surface area contributed by atoms with E-state index in [-0.39, 0.29) is 11.4 Å². The number of hydrazine groups is 1. The molecular formula is C14H12Cl2F2N2. The van der Waals surface area contributed by atoms with Crippen LogP contribution >= 0.6 is 23.2 Å². The summed E-state index contributed by atoms with van der Waals surface area (Å²) in [6, 6.07) is 7.94. The zero-order valence-electron chi connectivity index (χ0n) is 10.3. The van der Waals surface area contributed by atoms with Crippen molar-refractivity contribution in [2.45, 2.75) is 12.5 Å². The number of rotatable bonds is 4. The van der Waals surface area contributed by atoms with E-state index in [1.807, 2.05) is 0 Å². The average molecular weight is 317 g/mol. The molecule has 1 atom stereocenters. The molecule has 2 aromatic rings. The van der Waals surface area contributed by atoms with Crippen molar-refractivity contribution in [3.05, 3.63) is 69.2 Å². The van der Waals surface area contributed by atoms with Gasteiger partial charge in [0.2, 0.25) is 0 Å². The van der Waals surface area contributed by atoms with Gasteiger partial charge in [0.15, 0.2) is 0 Å². The van der Waals surface area contributed by atoms with E-state index in [9.17, 15) is 8.78 Å². The van der Waals surface area contributed by atoms with Gasteiger partial charge in [0.25, 0.3) is 0 Å². The summed E-state index contributed by atoms with van der Waals surface area (Å²) < 4.78 is 26.8. The third kappa shape index (κ3) is 3.27. The lowest BCUT2D eigenvalue weighted by atomic mass is 9.99. The Balaban J connectivity index is 2.34. The van der Waals surface area contributed by atoms with Gasteiger partial charge in [-0.15, -0.1) is 0 Å². The fourth-order valence-corrected chi connectivity index (χ4v) is 2.51. The Morgan fingerprint density at radius 2 is 1.85 bits per heavy atom. The van der Waals surface area contributed by atoms with E-state index in [0.717, 1.165) is 0 Å². The van der Waals surface area contributed by atoms with Crippen LogP contribution in [0.2, 0.25) is 10.0 Å². The Kier molecular flexibility index (Phi) is 4.94. The van der Waals surface area contributed by atoms with E-state index in [1.165, 1.54) is 30.3 Å². The van der Waals surface area contributed by atoms with Crippen molar-refractivity contribution in [1.82, 2.24) is 5.43 Å². The van der Waals surface area contributed by atoms with Gasteiger partial charge in [-0.2, -0.15) is 0 Å². The lowest BCUT2D eigenvalue weighted by molar-refractivity contribution is 0.528. The van der Waals surface area contributed by atoms with Crippen molar-refractivity contribution in [2.75, 3.05) is 0 Å². The van der Waals surface area contributed by atoms with Crippen molar-refractivity contribution in [3.63, 3.8) is 0 Å². The zero-order valence-corrected chi connectivity index (χ0v) is 11.8. The Bertz CT molecular complexity index is 600. The summed E-state index contributed by atoms with van der Waals surface area (Å²) in [5.74, 6) is 4.63. The van der Waals surface area contributed by atoms with Crippen molar-refractivity contribution < 1.29 is 8.78 Å². The quantitative estimate of drug-likeness (QED) is 0.660. The van der Waals surface area contributed by atoms with Crippen LogP contribution < -0.4 is 11.3 Å². The minimum absolute atomic E-state index is 0.202. The molecule has 1 unspecified atom stereocenters. The Morgan fingerprint density at radius 1 is 1.10 bits per heavy atom. The second-order valence-electron chi connectivity index (χ2n) is 4.29. The average Bonchev–Trinajstić information content (AvgIpc) is 2.40. The maximum Gasteiger partial charge on any atom is 0.127 e. The summed E-state index contributed by atoms with van der Waals surface area (Å²) in [6.07, 6.45) is 0.202. The highest BCUT2D eigenvalue weighted by Crippen LogP contribution is 2.29. The molecule has 6 heteroatoms. The van der Waals surface area contributed by atoms with Gasteiger partial charge in [-0.1, -0.05) is 35.3 Å². The molecule has 2 aromatic carbocycles. The third-order valence-electron chi connectivity index (χ3n) is 3.01. The van der Waals surface area contributed by atoms with Crippen molar-refractivity contribution in [3.8, 4) is 0 Å². The summed E-state index contributed by atoms with van der Waals surface area (Å²) in [5.41, 5.74) is 3.46. The van der Waals surface area contributed by atoms with Crippen molar-refractivity contribution in [2.24, 2.45) is 5.84 Å². The monoisotopic (exact) mass is 316 g/mol. The molecule has 0 bridgehead atoms. The van der Waals surface area contributed by atoms with Gasteiger partial charge < -0.3 is 0 Å². The van der Waals surface area contributed by atoms with E-state index in [0.29, 0.717) is 16.1 Å². The van der Waals surface area contributed by atoms with Gasteiger partial charge in [0, 0.05) is 15.6 Å². The van der Waals surface area contributed by atoms with E-state index in [1.54, 1.807) is 6.07 Å². The molecule has 0 heterocycles. The molecule has 2 rings (SSSR count). The summed E-state index contributed by atoms with van der Waals surface area (Å²) in [7, 11) is 0. The minimum atomic E-state index is -0.475. The highest BCUT2D eigenvalue weighted by atomic mass is 35.5. The highest BCUT2D eigenvalue weighted by molar-refractivity contribution is 6.31. The van der Waals surface area contributed by atoms with Crippen LogP contribution in [0.5, 0.6) is 0 Å². The molecule has 0 amide bonds. The van der Waals surface area contributed by atoms with Crippen molar-refractivity contribution in [1.29, 1.82) is 0 Å². The largest absolute Gasteiger partial charge is 0.271 e. The molecule has 106 valence electrons. The van der Waals surface area contributed by atoms with Crippen LogP contribution in [0.25, 0.3) is 0 Å². The minimum Gasteiger partial charge on any atom is -0.271 e. The first-order valence-corrected chi connectivity index (χ1v) is 6.62. The number of halogens is 4. The lowest BCUT2D eigenvalue weighted by Gasteiger charge is -2.19. The molecule has 0 aliphatic heterocycles. The maximum absolute atomic E-state index is 13.8. The summed E-state index contributed by atoms with van der Waals surface area (Å²) in [6.45, 7) is 0. The SMILES string of the molecule is NNC(Cc1c(F)cccc1Cl)c1ccc(F)cc1Cl. The summed E-state index contributed by atoms with van der Waals surface area (Å²) in [4.78, 5) is 0. The summed E-state index contributed by atoms with van der Waals surface area (Å²) in [5, 5.41) is 0.531. The van der Waals surface area contributed by atoms with Crippen LogP contribution in [0.1, 0.15) is 17.2 Å². The molecule has 0 saturated heterocycles. The molecule has 3 N–H and O–H groups in total. The number of nitrogens with one attached hydrogen (secondary N) is 1. The fraction of sp³-hybridized carbons (Fsp3) is 0.143. The Morgan fingerprint density at radius 3 is 2.45 bits per heavy atom. The second-order valence-corrected chi connectivity index (χ2v) is 5.10. The molecule has 0 aliphatic carbocycles. The van der Waals surface area contributed by atoms with E-state index < -0.39 is 17.7 Å². The van der Waals surface area contributed by atoms with Crippen LogP contribution in [0, 0.1) is 11.6 Å². The van der Waals surface area contributed by atoms with Gasteiger partial charge in [-0.3, -0.25) is 11.3 Å². The first kappa shape index (κ1) is 15.2. The third-order valence-corrected chi connectivity index (χ3v) is 3.69. The standard InChI is InChI=1S/C14H12Cl2F2N2/c15-11-2-1-3-13(18)10(11)7-14(20-19)9-5-4-8(17)6-12(9)16/h1-6,14,20H,7,19H2. The van der Waals surface area contributed by atoms with Gasteiger partial charge in [-0.05, 0) is 36.2 Å². The molecule has 20 heavy (non-hydrogen) atoms. The number of benzene rings is 2. The molecular weight excluding hydrogens is 305 g/mol. The number of hydrogen-bond acceptors (Lipinski definition) is 2. The highest BCUT2D eigenvalue weighted by Gasteiger charge is 2.18. The topological polar surface area (TPSA) is 38.0 Å². The molecule has 0 radical (unpaired) electrons. The van der Waals surface area contributed by atoms with Crippen LogP contribution in [0.15, 0.2) is 36.4 Å². The second kappa shape index (κ2) is 6.50. The van der Waals surface area contributed by atoms with E-state index >= 15 is 0 Å². The van der Waals surface area contributed by atoms with Gasteiger partial charge in [-0.25, -0.2) is 8.78 Å². The molecule has 2 nitrogen and oxygen atoms in total. The Hall–Kier alpha value is -1.20. The van der Waals surface area contributed by atoms with Crippen molar-refractivity contribution >= 4 is 23.2 Å². The van der Waals surface area contributed by atoms with Gasteiger partial charge in [0.1, 0.15) is 11.6 Å². The Labute approximate surface area is 125 Å². The molecule has 0 aromatic heterocycles. The van der Waals surface area contributed by atoms with Crippen LogP contribution in [0.4, 0.5) is 8.78 Å². The van der Waals surface area contributed by atoms with Crippen LogP contribution in [-0.2, 0) is 6.42 Å². The predicted octanol–water partition coefficient (Wildman–Crippen LogP) is 4.02. The van der Waals surface area contributed by atoms with E-state index in [4.69, 9.17) is 29.0 Å². The summed E-state index contributed by atoms with van der Waals surface area (Å²) >= 11 is 12.0.